The Bertz CT molecular complexity index is 594. The Balaban J connectivity index is 2.04. The Morgan fingerprint density at radius 3 is 2.19 bits per heavy atom. The van der Waals surface area contributed by atoms with Crippen LogP contribution in [0.15, 0.2) is 16.6 Å². The lowest BCUT2D eigenvalue weighted by Gasteiger charge is -2.31. The number of carbonyl (C=O) groups excluding carboxylic acids is 2. The van der Waals surface area contributed by atoms with Gasteiger partial charge in [0.05, 0.1) is 11.1 Å². The van der Waals surface area contributed by atoms with Crippen LogP contribution < -0.4 is 4.90 Å². The summed E-state index contributed by atoms with van der Waals surface area (Å²) in [4.78, 5) is 27.0. The fraction of sp³-hybridized carbons (Fsp3) is 0.529. The van der Waals surface area contributed by atoms with E-state index >= 15 is 0 Å². The van der Waals surface area contributed by atoms with Gasteiger partial charge < -0.3 is 0 Å². The van der Waals surface area contributed by atoms with Crippen molar-refractivity contribution < 1.29 is 9.59 Å². The second-order valence-electron chi connectivity index (χ2n) is 6.44. The van der Waals surface area contributed by atoms with Gasteiger partial charge >= 0.3 is 0 Å². The Kier molecular flexibility index (Phi) is 3.68. The highest BCUT2D eigenvalue weighted by atomic mass is 79.9. The van der Waals surface area contributed by atoms with E-state index in [0.717, 1.165) is 47.0 Å². The molecule has 0 atom stereocenters. The summed E-state index contributed by atoms with van der Waals surface area (Å²) in [5.74, 6) is -0.00357. The fourth-order valence-electron chi connectivity index (χ4n) is 3.90. The van der Waals surface area contributed by atoms with Crippen molar-refractivity contribution in [2.24, 2.45) is 5.41 Å². The zero-order valence-corrected chi connectivity index (χ0v) is 14.1. The first kappa shape index (κ1) is 14.8. The highest BCUT2D eigenvalue weighted by Crippen LogP contribution is 2.47. The van der Waals surface area contributed by atoms with Gasteiger partial charge in [-0.1, -0.05) is 35.2 Å². The van der Waals surface area contributed by atoms with Crippen LogP contribution in [0.1, 0.15) is 49.7 Å². The predicted molar refractivity (Wildman–Crippen MR) is 86.2 cm³/mol. The normalized spacial score (nSPS) is 21.4. The van der Waals surface area contributed by atoms with Gasteiger partial charge in [0.25, 0.3) is 0 Å². The van der Waals surface area contributed by atoms with Crippen molar-refractivity contribution in [2.75, 3.05) is 4.90 Å². The molecule has 4 heteroatoms. The van der Waals surface area contributed by atoms with Gasteiger partial charge in [-0.25, -0.2) is 4.90 Å². The van der Waals surface area contributed by atoms with E-state index in [0.29, 0.717) is 6.42 Å². The Hall–Kier alpha value is -1.16. The first-order chi connectivity index (χ1) is 9.94. The van der Waals surface area contributed by atoms with Crippen molar-refractivity contribution in [2.45, 2.75) is 52.4 Å². The second kappa shape index (κ2) is 5.24. The number of carbonyl (C=O) groups is 2. The van der Waals surface area contributed by atoms with Crippen LogP contribution in [0.2, 0.25) is 0 Å². The Morgan fingerprint density at radius 1 is 1.05 bits per heavy atom. The van der Waals surface area contributed by atoms with Gasteiger partial charge in [-0.2, -0.15) is 0 Å². The fourth-order valence-corrected chi connectivity index (χ4v) is 4.58. The third-order valence-corrected chi connectivity index (χ3v) is 5.34. The van der Waals surface area contributed by atoms with Crippen LogP contribution in [0.4, 0.5) is 5.69 Å². The van der Waals surface area contributed by atoms with Crippen molar-refractivity contribution in [3.05, 3.63) is 27.7 Å². The molecule has 0 bridgehead atoms. The largest absolute Gasteiger partial charge is 0.274 e. The molecule has 1 aliphatic heterocycles. The summed E-state index contributed by atoms with van der Waals surface area (Å²) in [7, 11) is 0. The van der Waals surface area contributed by atoms with E-state index in [9.17, 15) is 9.59 Å². The lowest BCUT2D eigenvalue weighted by molar-refractivity contribution is -0.127. The van der Waals surface area contributed by atoms with Crippen LogP contribution >= 0.6 is 15.9 Å². The molecule has 112 valence electrons. The number of nitrogens with zero attached hydrogens (tertiary/aromatic N) is 1. The number of rotatable bonds is 1. The highest BCUT2D eigenvalue weighted by Gasteiger charge is 2.52. The number of anilines is 1. The van der Waals surface area contributed by atoms with Crippen molar-refractivity contribution in [1.82, 2.24) is 0 Å². The van der Waals surface area contributed by atoms with Gasteiger partial charge in [0.2, 0.25) is 11.8 Å². The minimum Gasteiger partial charge on any atom is -0.274 e. The molecule has 2 aliphatic rings. The highest BCUT2D eigenvalue weighted by molar-refractivity contribution is 9.10. The lowest BCUT2D eigenvalue weighted by atomic mass is 9.73. The summed E-state index contributed by atoms with van der Waals surface area (Å²) in [6, 6.07) is 3.93. The third-order valence-electron chi connectivity index (χ3n) is 4.89. The summed E-state index contributed by atoms with van der Waals surface area (Å²) in [5.41, 5.74) is 2.31. The minimum atomic E-state index is -0.415. The van der Waals surface area contributed by atoms with Gasteiger partial charge in [0.15, 0.2) is 0 Å². The lowest BCUT2D eigenvalue weighted by Crippen LogP contribution is -2.37. The number of aryl methyl sites for hydroxylation is 2. The molecule has 0 unspecified atom stereocenters. The van der Waals surface area contributed by atoms with Crippen LogP contribution in [0.3, 0.4) is 0 Å². The smallest absolute Gasteiger partial charge is 0.240 e. The van der Waals surface area contributed by atoms with E-state index in [1.807, 2.05) is 26.0 Å². The van der Waals surface area contributed by atoms with Crippen LogP contribution in [-0.2, 0) is 9.59 Å². The molecule has 3 nitrogen and oxygen atoms in total. The third kappa shape index (κ3) is 2.33. The van der Waals surface area contributed by atoms with E-state index in [1.165, 1.54) is 11.3 Å². The summed E-state index contributed by atoms with van der Waals surface area (Å²) >= 11 is 3.47. The second-order valence-corrected chi connectivity index (χ2v) is 7.36. The molecule has 2 amide bonds. The SMILES string of the molecule is Cc1cc(Br)cc(C)c1N1C(=O)CC2(CCCCC2)C1=O. The van der Waals surface area contributed by atoms with E-state index in [1.54, 1.807) is 0 Å². The molecule has 0 N–H and O–H groups in total. The van der Waals surface area contributed by atoms with Crippen molar-refractivity contribution >= 4 is 33.4 Å². The molecule has 1 heterocycles. The average molecular weight is 350 g/mol. The molecule has 3 rings (SSSR count). The molecule has 1 saturated carbocycles. The number of hydrogen-bond acceptors (Lipinski definition) is 2. The summed E-state index contributed by atoms with van der Waals surface area (Å²) in [6.07, 6.45) is 5.42. The molecule has 1 spiro atoms. The molecular formula is C17H20BrNO2. The molecule has 1 aliphatic carbocycles. The van der Waals surface area contributed by atoms with E-state index < -0.39 is 5.41 Å². The van der Waals surface area contributed by atoms with Gasteiger partial charge in [-0.05, 0) is 49.9 Å². The van der Waals surface area contributed by atoms with Gasteiger partial charge in [-0.15, -0.1) is 0 Å². The molecule has 1 aromatic carbocycles. The molecular weight excluding hydrogens is 330 g/mol. The van der Waals surface area contributed by atoms with E-state index in [-0.39, 0.29) is 11.8 Å². The standard InChI is InChI=1S/C17H20BrNO2/c1-11-8-13(18)9-12(2)15(11)19-14(20)10-17(16(19)21)6-4-3-5-7-17/h8-9H,3-7,10H2,1-2H3. The molecule has 21 heavy (non-hydrogen) atoms. The summed E-state index contributed by atoms with van der Waals surface area (Å²) in [5, 5.41) is 0. The van der Waals surface area contributed by atoms with Gasteiger partial charge in [-0.3, -0.25) is 9.59 Å². The number of amides is 2. The minimum absolute atomic E-state index is 0.0284. The Labute approximate surface area is 133 Å². The Morgan fingerprint density at radius 2 is 1.62 bits per heavy atom. The monoisotopic (exact) mass is 349 g/mol. The zero-order valence-electron chi connectivity index (χ0n) is 12.5. The maximum Gasteiger partial charge on any atom is 0.240 e. The van der Waals surface area contributed by atoms with E-state index in [2.05, 4.69) is 15.9 Å². The first-order valence-corrected chi connectivity index (χ1v) is 8.38. The van der Waals surface area contributed by atoms with Crippen molar-refractivity contribution in [3.8, 4) is 0 Å². The summed E-state index contributed by atoms with van der Waals surface area (Å²) < 4.78 is 0.979. The van der Waals surface area contributed by atoms with Gasteiger partial charge in [0, 0.05) is 10.9 Å². The molecule has 0 radical (unpaired) electrons. The van der Waals surface area contributed by atoms with Crippen LogP contribution in [0.25, 0.3) is 0 Å². The van der Waals surface area contributed by atoms with E-state index in [4.69, 9.17) is 0 Å². The summed E-state index contributed by atoms with van der Waals surface area (Å²) in [6.45, 7) is 3.92. The van der Waals surface area contributed by atoms with Gasteiger partial charge in [0.1, 0.15) is 0 Å². The molecule has 2 fully saturated rings. The van der Waals surface area contributed by atoms with Crippen LogP contribution in [-0.4, -0.2) is 11.8 Å². The molecule has 1 aromatic rings. The van der Waals surface area contributed by atoms with Crippen LogP contribution in [0.5, 0.6) is 0 Å². The quantitative estimate of drug-likeness (QED) is 0.709. The molecule has 1 saturated heterocycles. The van der Waals surface area contributed by atoms with Crippen LogP contribution in [0, 0.1) is 19.3 Å². The maximum absolute atomic E-state index is 13.0. The number of halogens is 1. The number of benzene rings is 1. The predicted octanol–water partition coefficient (Wildman–Crippen LogP) is 4.28. The zero-order chi connectivity index (χ0) is 15.2. The van der Waals surface area contributed by atoms with Crippen molar-refractivity contribution in [3.63, 3.8) is 0 Å². The maximum atomic E-state index is 13.0. The van der Waals surface area contributed by atoms with Crippen molar-refractivity contribution in [1.29, 1.82) is 0 Å². The molecule has 0 aromatic heterocycles. The average Bonchev–Trinajstić information content (AvgIpc) is 2.63. The topological polar surface area (TPSA) is 37.4 Å². The number of imide groups is 1. The first-order valence-electron chi connectivity index (χ1n) is 7.59. The number of hydrogen-bond donors (Lipinski definition) is 0.